The summed E-state index contributed by atoms with van der Waals surface area (Å²) in [5.74, 6) is -0.138. The van der Waals surface area contributed by atoms with Gasteiger partial charge in [-0.1, -0.05) is 19.9 Å². The Hall–Kier alpha value is -1.23. The minimum atomic E-state index is -4.40. The first-order chi connectivity index (χ1) is 8.68. The number of hydrogen-bond donors (Lipinski definition) is 1. The molecule has 19 heavy (non-hydrogen) atoms. The van der Waals surface area contributed by atoms with Crippen LogP contribution in [-0.4, -0.2) is 13.7 Å². The lowest BCUT2D eigenvalue weighted by molar-refractivity contribution is -0.138. The number of ether oxygens (including phenoxy) is 1. The summed E-state index contributed by atoms with van der Waals surface area (Å²) in [6.45, 7) is 4.57. The summed E-state index contributed by atoms with van der Waals surface area (Å²) in [4.78, 5) is 0. The Morgan fingerprint density at radius 3 is 2.26 bits per heavy atom. The molecule has 0 radical (unpaired) electrons. The van der Waals surface area contributed by atoms with E-state index >= 15 is 0 Å². The SMILES string of the molecule is COc1cc(C2(CN)CC2(C)C)ccc1C(F)(F)F. The maximum atomic E-state index is 12.8. The summed E-state index contributed by atoms with van der Waals surface area (Å²) in [6.07, 6.45) is -3.52. The van der Waals surface area contributed by atoms with Crippen LogP contribution in [0.4, 0.5) is 13.2 Å². The largest absolute Gasteiger partial charge is 0.496 e. The zero-order valence-electron chi connectivity index (χ0n) is 11.3. The van der Waals surface area contributed by atoms with Gasteiger partial charge in [-0.15, -0.1) is 0 Å². The average Bonchev–Trinajstić information content (AvgIpc) is 2.91. The summed E-state index contributed by atoms with van der Waals surface area (Å²) in [7, 11) is 1.25. The topological polar surface area (TPSA) is 35.2 Å². The van der Waals surface area contributed by atoms with E-state index < -0.39 is 11.7 Å². The van der Waals surface area contributed by atoms with Crippen molar-refractivity contribution in [2.45, 2.75) is 31.9 Å². The summed E-state index contributed by atoms with van der Waals surface area (Å²) in [5, 5.41) is 0. The molecule has 0 bridgehead atoms. The Balaban J connectivity index is 2.47. The van der Waals surface area contributed by atoms with Gasteiger partial charge < -0.3 is 10.5 Å². The highest BCUT2D eigenvalue weighted by molar-refractivity contribution is 5.46. The molecule has 1 aromatic rings. The van der Waals surface area contributed by atoms with Gasteiger partial charge in [0.15, 0.2) is 0 Å². The Kier molecular flexibility index (Phi) is 3.08. The van der Waals surface area contributed by atoms with Crippen molar-refractivity contribution in [3.05, 3.63) is 29.3 Å². The highest BCUT2D eigenvalue weighted by Gasteiger charge is 2.61. The van der Waals surface area contributed by atoms with Gasteiger partial charge in [0.05, 0.1) is 12.7 Å². The van der Waals surface area contributed by atoms with Crippen LogP contribution in [-0.2, 0) is 11.6 Å². The van der Waals surface area contributed by atoms with Gasteiger partial charge in [-0.2, -0.15) is 13.2 Å². The van der Waals surface area contributed by atoms with E-state index in [1.54, 1.807) is 0 Å². The Morgan fingerprint density at radius 1 is 1.32 bits per heavy atom. The Bertz CT molecular complexity index is 496. The van der Waals surface area contributed by atoms with Crippen LogP contribution in [0.15, 0.2) is 18.2 Å². The van der Waals surface area contributed by atoms with Crippen LogP contribution in [0.5, 0.6) is 5.75 Å². The lowest BCUT2D eigenvalue weighted by atomic mass is 9.87. The van der Waals surface area contributed by atoms with E-state index in [1.165, 1.54) is 19.2 Å². The summed E-state index contributed by atoms with van der Waals surface area (Å²) in [6, 6.07) is 4.08. The molecule has 106 valence electrons. The van der Waals surface area contributed by atoms with E-state index in [9.17, 15) is 13.2 Å². The third-order valence-corrected chi connectivity index (χ3v) is 4.32. The number of nitrogens with two attached hydrogens (primary N) is 1. The lowest BCUT2D eigenvalue weighted by Crippen LogP contribution is -2.25. The average molecular weight is 273 g/mol. The van der Waals surface area contributed by atoms with Crippen LogP contribution in [0, 0.1) is 5.41 Å². The summed E-state index contributed by atoms with van der Waals surface area (Å²) in [5.41, 5.74) is 5.70. The van der Waals surface area contributed by atoms with E-state index in [2.05, 4.69) is 13.8 Å². The molecule has 2 N–H and O–H groups in total. The standard InChI is InChI=1S/C14H18F3NO/c1-12(2)7-13(12,8-18)9-4-5-10(14(15,16)17)11(6-9)19-3/h4-6H,7-8,18H2,1-3H3. The van der Waals surface area contributed by atoms with Crippen molar-refractivity contribution in [1.29, 1.82) is 0 Å². The van der Waals surface area contributed by atoms with Gasteiger partial charge in [0, 0.05) is 12.0 Å². The molecule has 1 fully saturated rings. The van der Waals surface area contributed by atoms with Crippen molar-refractivity contribution in [2.24, 2.45) is 11.1 Å². The molecule has 2 nitrogen and oxygen atoms in total. The van der Waals surface area contributed by atoms with Crippen molar-refractivity contribution in [3.8, 4) is 5.75 Å². The maximum Gasteiger partial charge on any atom is 0.419 e. The second kappa shape index (κ2) is 4.13. The summed E-state index contributed by atoms with van der Waals surface area (Å²) < 4.78 is 43.3. The molecule has 1 saturated carbocycles. The molecule has 1 atom stereocenters. The van der Waals surface area contributed by atoms with E-state index in [4.69, 9.17) is 10.5 Å². The quantitative estimate of drug-likeness (QED) is 0.916. The van der Waals surface area contributed by atoms with Gasteiger partial charge in [0.2, 0.25) is 0 Å². The van der Waals surface area contributed by atoms with Crippen LogP contribution < -0.4 is 10.5 Å². The van der Waals surface area contributed by atoms with Gasteiger partial charge in [-0.25, -0.2) is 0 Å². The predicted molar refractivity (Wildman–Crippen MR) is 67.1 cm³/mol. The molecule has 1 aliphatic carbocycles. The fourth-order valence-electron chi connectivity index (χ4n) is 2.89. The molecule has 0 amide bonds. The highest BCUT2D eigenvalue weighted by Crippen LogP contribution is 2.64. The van der Waals surface area contributed by atoms with Crippen LogP contribution in [0.2, 0.25) is 0 Å². The summed E-state index contributed by atoms with van der Waals surface area (Å²) >= 11 is 0. The third-order valence-electron chi connectivity index (χ3n) is 4.32. The van der Waals surface area contributed by atoms with E-state index in [0.29, 0.717) is 6.54 Å². The van der Waals surface area contributed by atoms with Gasteiger partial charge in [0.1, 0.15) is 5.75 Å². The molecule has 0 aromatic heterocycles. The minimum Gasteiger partial charge on any atom is -0.496 e. The number of rotatable bonds is 3. The van der Waals surface area contributed by atoms with E-state index in [0.717, 1.165) is 18.1 Å². The fraction of sp³-hybridized carbons (Fsp3) is 0.571. The van der Waals surface area contributed by atoms with Crippen LogP contribution >= 0.6 is 0 Å². The first-order valence-corrected chi connectivity index (χ1v) is 6.14. The fourth-order valence-corrected chi connectivity index (χ4v) is 2.89. The van der Waals surface area contributed by atoms with Gasteiger partial charge >= 0.3 is 6.18 Å². The predicted octanol–water partition coefficient (Wildman–Crippen LogP) is 3.34. The number of hydrogen-bond acceptors (Lipinski definition) is 2. The molecule has 1 unspecified atom stereocenters. The van der Waals surface area contributed by atoms with Crippen molar-refractivity contribution < 1.29 is 17.9 Å². The zero-order chi connectivity index (χ0) is 14.5. The normalized spacial score (nSPS) is 25.2. The molecule has 0 heterocycles. The smallest absolute Gasteiger partial charge is 0.419 e. The van der Waals surface area contributed by atoms with E-state index in [1.807, 2.05) is 0 Å². The number of halogens is 3. The molecule has 5 heteroatoms. The number of methoxy groups -OCH3 is 1. The second-order valence-corrected chi connectivity index (χ2v) is 5.76. The lowest BCUT2D eigenvalue weighted by Gasteiger charge is -2.21. The van der Waals surface area contributed by atoms with Crippen molar-refractivity contribution in [3.63, 3.8) is 0 Å². The monoisotopic (exact) mass is 273 g/mol. The van der Waals surface area contributed by atoms with Gasteiger partial charge in [0.25, 0.3) is 0 Å². The molecule has 0 spiro atoms. The van der Waals surface area contributed by atoms with Gasteiger partial charge in [-0.3, -0.25) is 0 Å². The first kappa shape index (κ1) is 14.2. The van der Waals surface area contributed by atoms with E-state index in [-0.39, 0.29) is 16.6 Å². The maximum absolute atomic E-state index is 12.8. The van der Waals surface area contributed by atoms with Crippen molar-refractivity contribution in [2.75, 3.05) is 13.7 Å². The van der Waals surface area contributed by atoms with Crippen LogP contribution in [0.1, 0.15) is 31.4 Å². The molecule has 0 aliphatic heterocycles. The first-order valence-electron chi connectivity index (χ1n) is 6.14. The van der Waals surface area contributed by atoms with Crippen molar-refractivity contribution >= 4 is 0 Å². The third kappa shape index (κ3) is 2.10. The molecule has 1 aliphatic rings. The Labute approximate surface area is 110 Å². The molecule has 2 rings (SSSR count). The molecule has 0 saturated heterocycles. The molecular weight excluding hydrogens is 255 g/mol. The Morgan fingerprint density at radius 2 is 1.89 bits per heavy atom. The van der Waals surface area contributed by atoms with Crippen LogP contribution in [0.25, 0.3) is 0 Å². The van der Waals surface area contributed by atoms with Gasteiger partial charge in [-0.05, 0) is 29.5 Å². The zero-order valence-corrected chi connectivity index (χ0v) is 11.3. The molecular formula is C14H18F3NO. The highest BCUT2D eigenvalue weighted by atomic mass is 19.4. The number of alkyl halides is 3. The molecule has 1 aromatic carbocycles. The van der Waals surface area contributed by atoms with Crippen LogP contribution in [0.3, 0.4) is 0 Å². The van der Waals surface area contributed by atoms with Crippen molar-refractivity contribution in [1.82, 2.24) is 0 Å². The number of benzene rings is 1. The minimum absolute atomic E-state index is 0.0203. The second-order valence-electron chi connectivity index (χ2n) is 5.76.